The Morgan fingerprint density at radius 1 is 1.15 bits per heavy atom. The number of allylic oxidation sites excluding steroid dienone is 3. The number of aliphatic hydroxyl groups is 2. The van der Waals surface area contributed by atoms with Crippen LogP contribution in [0, 0.1) is 22.7 Å². The van der Waals surface area contributed by atoms with Crippen LogP contribution in [0.15, 0.2) is 47.6 Å². The first-order valence-corrected chi connectivity index (χ1v) is 12.4. The Morgan fingerprint density at radius 3 is 2.79 bits per heavy atom. The van der Waals surface area contributed by atoms with Gasteiger partial charge >= 0.3 is 0 Å². The minimum Gasteiger partial charge on any atom is -0.393 e. The van der Waals surface area contributed by atoms with Crippen LogP contribution in [-0.2, 0) is 0 Å². The smallest absolute Gasteiger partial charge is 0.153 e. The Kier molecular flexibility index (Phi) is 4.38. The molecule has 0 radical (unpaired) electrons. The summed E-state index contributed by atoms with van der Waals surface area (Å²) in [7, 11) is 0. The molecular formula is C28H35N3O2. The molecule has 5 heteroatoms. The maximum Gasteiger partial charge on any atom is 0.153 e. The van der Waals surface area contributed by atoms with Crippen LogP contribution in [0.5, 0.6) is 0 Å². The number of aromatic amines is 1. The van der Waals surface area contributed by atoms with E-state index in [0.29, 0.717) is 11.7 Å². The van der Waals surface area contributed by atoms with Crippen molar-refractivity contribution in [2.75, 3.05) is 5.73 Å². The third kappa shape index (κ3) is 2.82. The topological polar surface area (TPSA) is 95.2 Å². The average molecular weight is 446 g/mol. The van der Waals surface area contributed by atoms with Gasteiger partial charge in [0.05, 0.1) is 17.2 Å². The number of aliphatic hydroxyl groups excluding tert-OH is 1. The molecule has 1 heterocycles. The van der Waals surface area contributed by atoms with Crippen molar-refractivity contribution in [2.45, 2.75) is 71.0 Å². The number of aromatic nitrogens is 2. The Balaban J connectivity index is 1.47. The van der Waals surface area contributed by atoms with Crippen molar-refractivity contribution < 1.29 is 10.2 Å². The molecule has 0 amide bonds. The molecule has 4 unspecified atom stereocenters. The molecule has 5 atom stereocenters. The van der Waals surface area contributed by atoms with E-state index in [-0.39, 0.29) is 22.9 Å². The molecule has 1 aromatic heterocycles. The van der Waals surface area contributed by atoms with Gasteiger partial charge in [0.25, 0.3) is 0 Å². The van der Waals surface area contributed by atoms with Crippen molar-refractivity contribution >= 4 is 22.3 Å². The molecule has 1 aromatic carbocycles. The van der Waals surface area contributed by atoms with Crippen LogP contribution in [0.4, 0.5) is 5.82 Å². The van der Waals surface area contributed by atoms with Gasteiger partial charge in [-0.05, 0) is 78.7 Å². The summed E-state index contributed by atoms with van der Waals surface area (Å²) in [6, 6.07) is 6.37. The van der Waals surface area contributed by atoms with Gasteiger partial charge in [-0.25, -0.2) is 0 Å². The summed E-state index contributed by atoms with van der Waals surface area (Å²) in [5.41, 5.74) is 10.7. The molecular weight excluding hydrogens is 410 g/mol. The number of rotatable bonds is 1. The lowest BCUT2D eigenvalue weighted by molar-refractivity contribution is -0.0651. The molecule has 6 rings (SSSR count). The highest BCUT2D eigenvalue weighted by molar-refractivity contribution is 5.92. The number of fused-ring (bicyclic) bond motifs is 5. The minimum atomic E-state index is -0.851. The van der Waals surface area contributed by atoms with E-state index < -0.39 is 5.60 Å². The maximum absolute atomic E-state index is 12.4. The van der Waals surface area contributed by atoms with Crippen LogP contribution in [0.25, 0.3) is 16.5 Å². The second-order valence-electron chi connectivity index (χ2n) is 11.6. The van der Waals surface area contributed by atoms with Gasteiger partial charge in [0.2, 0.25) is 0 Å². The number of benzene rings is 1. The fourth-order valence-electron chi connectivity index (χ4n) is 7.53. The molecule has 0 aliphatic heterocycles. The van der Waals surface area contributed by atoms with Gasteiger partial charge in [0.15, 0.2) is 5.82 Å². The van der Waals surface area contributed by atoms with E-state index in [1.54, 1.807) is 0 Å². The van der Waals surface area contributed by atoms with Gasteiger partial charge in [-0.3, -0.25) is 5.10 Å². The van der Waals surface area contributed by atoms with Crippen molar-refractivity contribution in [3.8, 4) is 0 Å². The second-order valence-corrected chi connectivity index (χ2v) is 11.6. The van der Waals surface area contributed by atoms with E-state index in [9.17, 15) is 10.2 Å². The van der Waals surface area contributed by atoms with Crippen LogP contribution in [-0.4, -0.2) is 32.1 Å². The van der Waals surface area contributed by atoms with Gasteiger partial charge in [0, 0.05) is 16.7 Å². The van der Waals surface area contributed by atoms with E-state index in [0.717, 1.165) is 60.6 Å². The maximum atomic E-state index is 12.4. The molecule has 0 saturated heterocycles. The number of nitrogen functional groups attached to an aromatic ring is 1. The molecule has 0 spiro atoms. The summed E-state index contributed by atoms with van der Waals surface area (Å²) < 4.78 is 0. The zero-order valence-electron chi connectivity index (χ0n) is 19.9. The SMILES string of the molecule is CC1(C)C=C2C=C3CC(O)CCC3CC[C@]2(O)C2CC=C(c3ccc4[nH]nc(N)c4c3)C21C. The lowest BCUT2D eigenvalue weighted by atomic mass is 9.49. The van der Waals surface area contributed by atoms with Crippen molar-refractivity contribution in [1.29, 1.82) is 0 Å². The van der Waals surface area contributed by atoms with Gasteiger partial charge in [-0.2, -0.15) is 5.10 Å². The zero-order valence-corrected chi connectivity index (χ0v) is 19.9. The quantitative estimate of drug-likeness (QED) is 0.489. The summed E-state index contributed by atoms with van der Waals surface area (Å²) >= 11 is 0. The molecule has 2 aromatic rings. The van der Waals surface area contributed by atoms with Crippen molar-refractivity contribution in [3.63, 3.8) is 0 Å². The molecule has 5 nitrogen and oxygen atoms in total. The third-order valence-corrected chi connectivity index (χ3v) is 9.71. The normalized spacial score (nSPS) is 37.4. The highest BCUT2D eigenvalue weighted by atomic mass is 16.3. The third-order valence-electron chi connectivity index (χ3n) is 9.71. The second kappa shape index (κ2) is 6.83. The van der Waals surface area contributed by atoms with Gasteiger partial charge in [0.1, 0.15) is 0 Å². The van der Waals surface area contributed by atoms with E-state index in [2.05, 4.69) is 67.4 Å². The highest BCUT2D eigenvalue weighted by Crippen LogP contribution is 2.67. The summed E-state index contributed by atoms with van der Waals surface area (Å²) in [6.45, 7) is 6.97. The first-order valence-electron chi connectivity index (χ1n) is 12.4. The van der Waals surface area contributed by atoms with E-state index >= 15 is 0 Å². The van der Waals surface area contributed by atoms with E-state index in [4.69, 9.17) is 5.73 Å². The van der Waals surface area contributed by atoms with Crippen LogP contribution in [0.2, 0.25) is 0 Å². The zero-order chi connectivity index (χ0) is 23.2. The standard InChI is InChI=1S/C28H35N3O2/c1-26(2)15-19-12-18-13-20(32)6-4-16(18)10-11-28(19,33)24-9-7-22(27(24,26)3)17-5-8-23-21(14-17)25(29)31-30-23/h5,7-8,12,14-16,20,24,32-33H,4,6,9-11,13H2,1-3H3,(H3,29,30,31)/t16?,20?,24?,27?,28-/m1/s1. The van der Waals surface area contributed by atoms with E-state index in [1.165, 1.54) is 11.1 Å². The largest absolute Gasteiger partial charge is 0.393 e. The first kappa shape index (κ1) is 21.2. The summed E-state index contributed by atoms with van der Waals surface area (Å²) in [5.74, 6) is 1.11. The Morgan fingerprint density at radius 2 is 1.97 bits per heavy atom. The van der Waals surface area contributed by atoms with Crippen molar-refractivity contribution in [1.82, 2.24) is 10.2 Å². The Hall–Kier alpha value is -2.37. The molecule has 5 N–H and O–H groups in total. The molecule has 174 valence electrons. The molecule has 4 aliphatic rings. The summed E-state index contributed by atoms with van der Waals surface area (Å²) in [4.78, 5) is 0. The first-order chi connectivity index (χ1) is 15.6. The average Bonchev–Trinajstić information content (AvgIpc) is 3.29. The van der Waals surface area contributed by atoms with Crippen LogP contribution in [0.3, 0.4) is 0 Å². The Labute approximate surface area is 195 Å². The van der Waals surface area contributed by atoms with Gasteiger partial charge < -0.3 is 15.9 Å². The molecule has 1 saturated carbocycles. The van der Waals surface area contributed by atoms with Crippen molar-refractivity contribution in [3.05, 3.63) is 53.1 Å². The number of nitrogens with zero attached hydrogens (tertiary/aromatic N) is 1. The Bertz CT molecular complexity index is 1230. The summed E-state index contributed by atoms with van der Waals surface area (Å²) in [5, 5.41) is 30.8. The molecule has 1 fully saturated rings. The number of anilines is 1. The van der Waals surface area contributed by atoms with Crippen LogP contribution >= 0.6 is 0 Å². The lowest BCUT2D eigenvalue weighted by Crippen LogP contribution is -2.55. The number of hydrogen-bond donors (Lipinski definition) is 4. The number of nitrogens with one attached hydrogen (secondary N) is 1. The monoisotopic (exact) mass is 445 g/mol. The summed E-state index contributed by atoms with van der Waals surface area (Å²) in [6.07, 6.45) is 12.0. The van der Waals surface area contributed by atoms with Crippen LogP contribution in [0.1, 0.15) is 64.9 Å². The molecule has 33 heavy (non-hydrogen) atoms. The predicted molar refractivity (Wildman–Crippen MR) is 132 cm³/mol. The number of hydrogen-bond acceptors (Lipinski definition) is 4. The van der Waals surface area contributed by atoms with Gasteiger partial charge in [-0.15, -0.1) is 0 Å². The van der Waals surface area contributed by atoms with Crippen molar-refractivity contribution in [2.24, 2.45) is 22.7 Å². The predicted octanol–water partition coefficient (Wildman–Crippen LogP) is 5.13. The fourth-order valence-corrected chi connectivity index (χ4v) is 7.53. The number of H-pyrrole nitrogens is 1. The lowest BCUT2D eigenvalue weighted by Gasteiger charge is -2.56. The molecule has 0 bridgehead atoms. The van der Waals surface area contributed by atoms with Crippen LogP contribution < -0.4 is 5.73 Å². The minimum absolute atomic E-state index is 0.106. The fraction of sp³-hybridized carbons (Fsp3) is 0.536. The highest BCUT2D eigenvalue weighted by Gasteiger charge is 2.62. The number of nitrogens with two attached hydrogens (primary N) is 1. The van der Waals surface area contributed by atoms with E-state index in [1.807, 2.05) is 0 Å². The molecule has 4 aliphatic carbocycles. The van der Waals surface area contributed by atoms with Gasteiger partial charge in [-0.1, -0.05) is 50.6 Å².